The number of aromatic nitrogens is 2. The van der Waals surface area contributed by atoms with Crippen molar-refractivity contribution in [2.45, 2.75) is 44.8 Å². The van der Waals surface area contributed by atoms with E-state index in [4.69, 9.17) is 0 Å². The van der Waals surface area contributed by atoms with Gasteiger partial charge in [0.25, 0.3) is 10.0 Å². The van der Waals surface area contributed by atoms with Gasteiger partial charge >= 0.3 is 0 Å². The topological polar surface area (TPSA) is 86.9 Å². The van der Waals surface area contributed by atoms with E-state index in [0.29, 0.717) is 12.1 Å². The summed E-state index contributed by atoms with van der Waals surface area (Å²) in [6.07, 6.45) is 0.872. The molecule has 3 N–H and O–H groups in total. The Labute approximate surface area is 108 Å². The van der Waals surface area contributed by atoms with Gasteiger partial charge in [-0.05, 0) is 25.8 Å². The highest BCUT2D eigenvalue weighted by Crippen LogP contribution is 2.45. The Hall–Kier alpha value is -0.920. The summed E-state index contributed by atoms with van der Waals surface area (Å²) in [5.74, 6) is 0. The molecule has 1 aromatic rings. The lowest BCUT2D eigenvalue weighted by Crippen LogP contribution is -2.30. The molecule has 0 bridgehead atoms. The average molecular weight is 272 g/mol. The number of aryl methyl sites for hydroxylation is 1. The fraction of sp³-hybridized carbons (Fsp3) is 0.727. The zero-order valence-electron chi connectivity index (χ0n) is 11.2. The van der Waals surface area contributed by atoms with E-state index in [1.165, 1.54) is 0 Å². The van der Waals surface area contributed by atoms with Crippen LogP contribution in [-0.2, 0) is 16.6 Å². The van der Waals surface area contributed by atoms with Crippen LogP contribution in [0.25, 0.3) is 0 Å². The largest absolute Gasteiger partial charge is 0.316 e. The Bertz CT molecular complexity index is 547. The van der Waals surface area contributed by atoms with E-state index in [0.717, 1.165) is 12.1 Å². The van der Waals surface area contributed by atoms with Crippen molar-refractivity contribution in [1.29, 1.82) is 0 Å². The van der Waals surface area contributed by atoms with E-state index >= 15 is 0 Å². The van der Waals surface area contributed by atoms with Gasteiger partial charge in [0.05, 0.1) is 0 Å². The molecular formula is C11H20N4O2S. The molecule has 1 saturated carbocycles. The molecule has 1 atom stereocenters. The van der Waals surface area contributed by atoms with E-state index in [1.807, 2.05) is 20.8 Å². The van der Waals surface area contributed by atoms with Gasteiger partial charge in [0, 0.05) is 23.8 Å². The molecule has 0 aromatic carbocycles. The highest BCUT2D eigenvalue weighted by Gasteiger charge is 2.48. The number of aromatic amines is 1. The van der Waals surface area contributed by atoms with Gasteiger partial charge in [0.15, 0.2) is 5.03 Å². The second-order valence-corrected chi connectivity index (χ2v) is 7.16. The predicted octanol–water partition coefficient (Wildman–Crippen LogP) is 0.514. The van der Waals surface area contributed by atoms with Crippen molar-refractivity contribution in [3.8, 4) is 0 Å². The number of nitrogens with zero attached hydrogens (tertiary/aromatic N) is 1. The summed E-state index contributed by atoms with van der Waals surface area (Å²) in [6, 6.07) is 0.0157. The molecule has 1 aromatic heterocycles. The Morgan fingerprint density at radius 3 is 2.61 bits per heavy atom. The normalized spacial score (nSPS) is 22.1. The minimum absolute atomic E-state index is 0.0157. The van der Waals surface area contributed by atoms with Crippen molar-refractivity contribution < 1.29 is 8.42 Å². The maximum Gasteiger partial charge on any atom is 0.260 e. The maximum absolute atomic E-state index is 12.3. The summed E-state index contributed by atoms with van der Waals surface area (Å²) in [5, 5.41) is 9.72. The molecule has 1 fully saturated rings. The van der Waals surface area contributed by atoms with E-state index in [2.05, 4.69) is 20.2 Å². The van der Waals surface area contributed by atoms with Crippen LogP contribution in [0.4, 0.5) is 0 Å². The Morgan fingerprint density at radius 1 is 1.50 bits per heavy atom. The van der Waals surface area contributed by atoms with E-state index in [1.54, 1.807) is 7.05 Å². The van der Waals surface area contributed by atoms with Crippen molar-refractivity contribution >= 4 is 10.0 Å². The second-order valence-electron chi connectivity index (χ2n) is 5.53. The quantitative estimate of drug-likeness (QED) is 0.729. The van der Waals surface area contributed by atoms with Gasteiger partial charge in [-0.25, -0.2) is 13.1 Å². The first kappa shape index (κ1) is 13.5. The second kappa shape index (κ2) is 4.32. The van der Waals surface area contributed by atoms with Crippen LogP contribution in [0.3, 0.4) is 0 Å². The Kier molecular flexibility index (Phi) is 3.25. The third-order valence-corrected chi connectivity index (χ3v) is 4.90. The summed E-state index contributed by atoms with van der Waals surface area (Å²) in [6.45, 7) is 6.39. The van der Waals surface area contributed by atoms with E-state index in [9.17, 15) is 8.42 Å². The van der Waals surface area contributed by atoms with Crippen molar-refractivity contribution in [1.82, 2.24) is 20.2 Å². The molecule has 18 heavy (non-hydrogen) atoms. The number of hydrogen-bond donors (Lipinski definition) is 3. The Balaban J connectivity index is 2.25. The number of H-pyrrole nitrogens is 1. The van der Waals surface area contributed by atoms with Crippen molar-refractivity contribution in [3.63, 3.8) is 0 Å². The predicted molar refractivity (Wildman–Crippen MR) is 68.6 cm³/mol. The van der Waals surface area contributed by atoms with Gasteiger partial charge in [-0.15, -0.1) is 0 Å². The molecule has 102 valence electrons. The monoisotopic (exact) mass is 272 g/mol. The standard InChI is InChI=1S/C11H20N4O2S/c1-7-8(6-12-4)10(14-13-7)18(16,17)15-9-5-11(9,2)3/h9,12,15H,5-6H2,1-4H3,(H,13,14). The smallest absolute Gasteiger partial charge is 0.260 e. The summed E-state index contributed by atoms with van der Waals surface area (Å²) < 4.78 is 27.2. The lowest BCUT2D eigenvalue weighted by Gasteiger charge is -2.08. The number of sulfonamides is 1. The van der Waals surface area contributed by atoms with Crippen molar-refractivity contribution in [2.24, 2.45) is 5.41 Å². The van der Waals surface area contributed by atoms with Gasteiger partial charge in [-0.2, -0.15) is 5.10 Å². The zero-order valence-corrected chi connectivity index (χ0v) is 12.0. The van der Waals surface area contributed by atoms with E-state index in [-0.39, 0.29) is 16.5 Å². The summed E-state index contributed by atoms with van der Waals surface area (Å²) in [5.41, 5.74) is 1.53. The number of hydrogen-bond acceptors (Lipinski definition) is 4. The minimum Gasteiger partial charge on any atom is -0.316 e. The van der Waals surface area contributed by atoms with Crippen LogP contribution in [0.15, 0.2) is 5.03 Å². The lowest BCUT2D eigenvalue weighted by molar-refractivity contribution is 0.550. The van der Waals surface area contributed by atoms with E-state index < -0.39 is 10.0 Å². The van der Waals surface area contributed by atoms with Crippen LogP contribution in [0.1, 0.15) is 31.5 Å². The molecule has 2 rings (SSSR count). The molecule has 1 aliphatic carbocycles. The summed E-state index contributed by atoms with van der Waals surface area (Å²) in [7, 11) is -1.75. The highest BCUT2D eigenvalue weighted by atomic mass is 32.2. The minimum atomic E-state index is -3.53. The summed E-state index contributed by atoms with van der Waals surface area (Å²) in [4.78, 5) is 0. The number of nitrogens with one attached hydrogen (secondary N) is 3. The summed E-state index contributed by atoms with van der Waals surface area (Å²) >= 11 is 0. The van der Waals surface area contributed by atoms with Crippen LogP contribution in [-0.4, -0.2) is 31.7 Å². The van der Waals surface area contributed by atoms with Gasteiger partial charge in [0.2, 0.25) is 0 Å². The van der Waals surface area contributed by atoms with Gasteiger partial charge < -0.3 is 5.32 Å². The molecule has 0 amide bonds. The van der Waals surface area contributed by atoms with Crippen molar-refractivity contribution in [2.75, 3.05) is 7.05 Å². The van der Waals surface area contributed by atoms with Crippen LogP contribution in [0.5, 0.6) is 0 Å². The third kappa shape index (κ3) is 2.43. The average Bonchev–Trinajstić information content (AvgIpc) is 2.67. The van der Waals surface area contributed by atoms with Crippen molar-refractivity contribution in [3.05, 3.63) is 11.3 Å². The first-order chi connectivity index (χ1) is 8.28. The van der Waals surface area contributed by atoms with Gasteiger partial charge in [-0.1, -0.05) is 13.8 Å². The molecular weight excluding hydrogens is 252 g/mol. The van der Waals surface area contributed by atoms with Gasteiger partial charge in [-0.3, -0.25) is 5.10 Å². The number of rotatable bonds is 5. The fourth-order valence-corrected chi connectivity index (χ4v) is 3.55. The lowest BCUT2D eigenvalue weighted by atomic mass is 10.2. The van der Waals surface area contributed by atoms with Crippen LogP contribution < -0.4 is 10.0 Å². The Morgan fingerprint density at radius 2 is 2.11 bits per heavy atom. The maximum atomic E-state index is 12.3. The zero-order chi connectivity index (χ0) is 13.6. The molecule has 0 aliphatic heterocycles. The molecule has 1 aliphatic rings. The molecule has 1 unspecified atom stereocenters. The third-order valence-electron chi connectivity index (χ3n) is 3.45. The molecule has 0 spiro atoms. The fourth-order valence-electron chi connectivity index (χ4n) is 1.95. The van der Waals surface area contributed by atoms with Crippen LogP contribution in [0, 0.1) is 12.3 Å². The van der Waals surface area contributed by atoms with Crippen LogP contribution in [0.2, 0.25) is 0 Å². The first-order valence-corrected chi connectivity index (χ1v) is 7.47. The molecule has 0 radical (unpaired) electrons. The van der Waals surface area contributed by atoms with Gasteiger partial charge in [0.1, 0.15) is 0 Å². The molecule has 0 saturated heterocycles. The SMILES string of the molecule is CNCc1c(S(=O)(=O)NC2CC2(C)C)n[nH]c1C. The molecule has 7 heteroatoms. The first-order valence-electron chi connectivity index (χ1n) is 5.99. The molecule has 1 heterocycles. The highest BCUT2D eigenvalue weighted by molar-refractivity contribution is 7.89. The molecule has 6 nitrogen and oxygen atoms in total. The van der Waals surface area contributed by atoms with Crippen LogP contribution >= 0.6 is 0 Å².